The zero-order chi connectivity index (χ0) is 11.4. The quantitative estimate of drug-likeness (QED) is 0.483. The lowest BCUT2D eigenvalue weighted by molar-refractivity contribution is 0.111. The van der Waals surface area contributed by atoms with E-state index in [0.717, 1.165) is 0 Å². The molecule has 0 saturated heterocycles. The molecule has 0 aliphatic rings. The van der Waals surface area contributed by atoms with Gasteiger partial charge in [0.25, 0.3) is 5.56 Å². The fourth-order valence-electron chi connectivity index (χ4n) is 0.947. The number of nitrogens with one attached hydrogen (secondary N) is 3. The third-order valence-corrected chi connectivity index (χ3v) is 1.61. The average Bonchev–Trinajstić information content (AvgIpc) is 2.74. The first-order chi connectivity index (χ1) is 7.78. The summed E-state index contributed by atoms with van der Waals surface area (Å²) in [7, 11) is 0. The fourth-order valence-corrected chi connectivity index (χ4v) is 0.947. The highest BCUT2D eigenvalue weighted by Crippen LogP contribution is 2.03. The minimum absolute atomic E-state index is 0.0913. The first-order valence-electron chi connectivity index (χ1n) is 4.26. The van der Waals surface area contributed by atoms with Crippen molar-refractivity contribution in [3.05, 3.63) is 34.5 Å². The summed E-state index contributed by atoms with van der Waals surface area (Å²) in [5.74, 6) is 0.136. The van der Waals surface area contributed by atoms with Crippen LogP contribution in [-0.4, -0.2) is 26.2 Å². The number of anilines is 1. The number of hydrogen-bond donors (Lipinski definition) is 3. The highest BCUT2D eigenvalue weighted by atomic mass is 16.7. The van der Waals surface area contributed by atoms with E-state index >= 15 is 0 Å². The molecule has 8 heteroatoms. The molecule has 0 radical (unpaired) electrons. The second kappa shape index (κ2) is 4.26. The van der Waals surface area contributed by atoms with Crippen LogP contribution in [0.4, 0.5) is 5.95 Å². The van der Waals surface area contributed by atoms with Gasteiger partial charge in [-0.3, -0.25) is 14.6 Å². The summed E-state index contributed by atoms with van der Waals surface area (Å²) >= 11 is 0. The minimum Gasteiger partial charge on any atom is -0.339 e. The number of aromatic nitrogens is 4. The molecule has 0 aliphatic heterocycles. The lowest BCUT2D eigenvalue weighted by atomic mass is 10.6. The summed E-state index contributed by atoms with van der Waals surface area (Å²) in [6, 6.07) is 1.36. The van der Waals surface area contributed by atoms with Gasteiger partial charge >= 0.3 is 6.01 Å². The number of hydrogen-bond acceptors (Lipinski definition) is 6. The molecule has 0 unspecified atom stereocenters. The Morgan fingerprint density at radius 3 is 2.94 bits per heavy atom. The van der Waals surface area contributed by atoms with Crippen LogP contribution in [0.15, 0.2) is 23.3 Å². The Kier molecular flexibility index (Phi) is 2.63. The molecule has 16 heavy (non-hydrogen) atoms. The number of aldehydes is 1. The summed E-state index contributed by atoms with van der Waals surface area (Å²) in [4.78, 5) is 38.6. The molecule has 0 atom stereocenters. The molecule has 2 aromatic rings. The standard InChI is InChI=1S/C8H7N5O3/c14-4-5-3-10-8(11-5)16-13-7-9-2-1-6(15)12-7/h1-4H,(H,10,11)(H2,9,12,13,15). The number of nitrogens with zero attached hydrogens (tertiary/aromatic N) is 2. The van der Waals surface area contributed by atoms with Crippen molar-refractivity contribution in [1.29, 1.82) is 0 Å². The van der Waals surface area contributed by atoms with Gasteiger partial charge in [-0.1, -0.05) is 0 Å². The number of carbonyl (C=O) groups excluding carboxylic acids is 1. The average molecular weight is 221 g/mol. The van der Waals surface area contributed by atoms with Gasteiger partial charge in [0.15, 0.2) is 6.29 Å². The van der Waals surface area contributed by atoms with Gasteiger partial charge in [-0.25, -0.2) is 9.97 Å². The van der Waals surface area contributed by atoms with Crippen molar-refractivity contribution in [1.82, 2.24) is 19.9 Å². The van der Waals surface area contributed by atoms with Crippen molar-refractivity contribution in [3.63, 3.8) is 0 Å². The molecule has 0 spiro atoms. The smallest absolute Gasteiger partial charge is 0.321 e. The van der Waals surface area contributed by atoms with Crippen LogP contribution in [0.1, 0.15) is 10.5 Å². The van der Waals surface area contributed by atoms with E-state index in [9.17, 15) is 9.59 Å². The molecule has 2 rings (SSSR count). The second-order valence-corrected chi connectivity index (χ2v) is 2.75. The maximum atomic E-state index is 10.9. The predicted octanol–water partition coefficient (Wildman–Crippen LogP) is -0.289. The maximum absolute atomic E-state index is 10.9. The molecule has 2 heterocycles. The molecule has 2 aromatic heterocycles. The van der Waals surface area contributed by atoms with Crippen molar-refractivity contribution in [2.45, 2.75) is 0 Å². The monoisotopic (exact) mass is 221 g/mol. The molecule has 0 saturated carbocycles. The normalized spacial score (nSPS) is 9.75. The topological polar surface area (TPSA) is 113 Å². The highest BCUT2D eigenvalue weighted by Gasteiger charge is 2.01. The zero-order valence-electron chi connectivity index (χ0n) is 7.93. The van der Waals surface area contributed by atoms with E-state index < -0.39 is 0 Å². The Hall–Kier alpha value is -2.64. The van der Waals surface area contributed by atoms with Gasteiger partial charge in [0.05, 0.1) is 6.20 Å². The van der Waals surface area contributed by atoms with Crippen LogP contribution in [0, 0.1) is 0 Å². The van der Waals surface area contributed by atoms with Crippen molar-refractivity contribution >= 4 is 12.2 Å². The number of carbonyl (C=O) groups is 1. The van der Waals surface area contributed by atoms with Gasteiger partial charge in [0.2, 0.25) is 5.95 Å². The summed E-state index contributed by atoms with van der Waals surface area (Å²) in [5.41, 5.74) is 2.34. The molecule has 0 fully saturated rings. The molecular formula is C8H7N5O3. The fraction of sp³-hybridized carbons (Fsp3) is 0. The second-order valence-electron chi connectivity index (χ2n) is 2.75. The van der Waals surface area contributed by atoms with Gasteiger partial charge in [-0.15, -0.1) is 0 Å². The predicted molar refractivity (Wildman–Crippen MR) is 53.1 cm³/mol. The van der Waals surface area contributed by atoms with Crippen LogP contribution >= 0.6 is 0 Å². The van der Waals surface area contributed by atoms with Gasteiger partial charge in [0.1, 0.15) is 5.69 Å². The van der Waals surface area contributed by atoms with Crippen molar-refractivity contribution < 1.29 is 9.63 Å². The first-order valence-corrected chi connectivity index (χ1v) is 4.26. The summed E-state index contributed by atoms with van der Waals surface area (Å²) in [6.45, 7) is 0. The van der Waals surface area contributed by atoms with Crippen LogP contribution in [0.5, 0.6) is 6.01 Å². The molecule has 0 amide bonds. The first kappa shape index (κ1) is 9.90. The Balaban J connectivity index is 2.02. The Morgan fingerprint density at radius 1 is 1.38 bits per heavy atom. The van der Waals surface area contributed by atoms with E-state index in [-0.39, 0.29) is 23.2 Å². The van der Waals surface area contributed by atoms with Crippen molar-refractivity contribution in [2.75, 3.05) is 5.48 Å². The van der Waals surface area contributed by atoms with Crippen LogP contribution in [0.2, 0.25) is 0 Å². The van der Waals surface area contributed by atoms with E-state index in [4.69, 9.17) is 4.84 Å². The zero-order valence-corrected chi connectivity index (χ0v) is 7.93. The van der Waals surface area contributed by atoms with Crippen LogP contribution in [0.3, 0.4) is 0 Å². The third kappa shape index (κ3) is 2.23. The van der Waals surface area contributed by atoms with E-state index in [1.807, 2.05) is 0 Å². The van der Waals surface area contributed by atoms with Gasteiger partial charge in [0, 0.05) is 12.3 Å². The number of rotatable bonds is 4. The summed E-state index contributed by atoms with van der Waals surface area (Å²) in [6.07, 6.45) is 3.23. The maximum Gasteiger partial charge on any atom is 0.321 e. The number of aromatic amines is 2. The third-order valence-electron chi connectivity index (χ3n) is 1.61. The van der Waals surface area contributed by atoms with E-state index in [0.29, 0.717) is 6.29 Å². The minimum atomic E-state index is -0.311. The van der Waals surface area contributed by atoms with E-state index in [1.54, 1.807) is 0 Å². The number of imidazole rings is 1. The number of H-pyrrole nitrogens is 2. The van der Waals surface area contributed by atoms with Crippen molar-refractivity contribution in [3.8, 4) is 6.01 Å². The van der Waals surface area contributed by atoms with E-state index in [1.165, 1.54) is 18.5 Å². The van der Waals surface area contributed by atoms with Gasteiger partial charge in [-0.2, -0.15) is 5.48 Å². The molecule has 0 aliphatic carbocycles. The molecule has 3 N–H and O–H groups in total. The SMILES string of the molecule is O=Cc1cnc(ONc2nccc(=O)[nH]2)[nH]1. The lowest BCUT2D eigenvalue weighted by Crippen LogP contribution is -2.14. The molecular weight excluding hydrogens is 214 g/mol. The van der Waals surface area contributed by atoms with Crippen LogP contribution in [-0.2, 0) is 0 Å². The highest BCUT2D eigenvalue weighted by molar-refractivity contribution is 5.71. The van der Waals surface area contributed by atoms with E-state index in [2.05, 4.69) is 25.4 Å². The molecule has 82 valence electrons. The molecule has 0 aromatic carbocycles. The lowest BCUT2D eigenvalue weighted by Gasteiger charge is -2.02. The largest absolute Gasteiger partial charge is 0.339 e. The molecule has 0 bridgehead atoms. The summed E-state index contributed by atoms with van der Waals surface area (Å²) < 4.78 is 0. The van der Waals surface area contributed by atoms with Crippen LogP contribution < -0.4 is 15.9 Å². The Bertz CT molecular complexity index is 546. The summed E-state index contributed by atoms with van der Waals surface area (Å²) in [5, 5.41) is 0. The Morgan fingerprint density at radius 2 is 2.25 bits per heavy atom. The van der Waals surface area contributed by atoms with Gasteiger partial charge in [-0.05, 0) is 0 Å². The Labute approximate surface area is 88.7 Å². The van der Waals surface area contributed by atoms with Crippen molar-refractivity contribution in [2.24, 2.45) is 0 Å². The van der Waals surface area contributed by atoms with Crippen LogP contribution in [0.25, 0.3) is 0 Å². The van der Waals surface area contributed by atoms with Gasteiger partial charge < -0.3 is 9.82 Å². The molecule has 8 nitrogen and oxygen atoms in total.